The van der Waals surface area contributed by atoms with Crippen LogP contribution in [0.5, 0.6) is 5.75 Å². The molecular weight excluding hydrogens is 641 g/mol. The van der Waals surface area contributed by atoms with E-state index < -0.39 is 17.4 Å². The minimum Gasteiger partial charge on any atom is -0.482 e. The molecule has 10 heteroatoms. The van der Waals surface area contributed by atoms with Crippen molar-refractivity contribution in [1.29, 1.82) is 0 Å². The van der Waals surface area contributed by atoms with Gasteiger partial charge in [-0.3, -0.25) is 9.79 Å². The number of aliphatic imine (C=N–C) groups is 1. The van der Waals surface area contributed by atoms with Gasteiger partial charge in [-0.05, 0) is 95.4 Å². The third kappa shape index (κ3) is 10.1. The van der Waals surface area contributed by atoms with Crippen LogP contribution in [0.1, 0.15) is 65.9 Å². The van der Waals surface area contributed by atoms with E-state index in [1.54, 1.807) is 10.8 Å². The van der Waals surface area contributed by atoms with Crippen molar-refractivity contribution in [3.8, 4) is 11.4 Å². The lowest BCUT2D eigenvalue weighted by Crippen LogP contribution is -2.48. The summed E-state index contributed by atoms with van der Waals surface area (Å²) in [7, 11) is 4.25. The van der Waals surface area contributed by atoms with E-state index in [4.69, 9.17) is 10.5 Å². The zero-order chi connectivity index (χ0) is 37.1. The smallest absolute Gasteiger partial charge is 0.200 e. The van der Waals surface area contributed by atoms with Gasteiger partial charge in [0, 0.05) is 49.0 Å². The number of aromatic nitrogens is 1. The highest BCUT2D eigenvalue weighted by Gasteiger charge is 2.22. The molecule has 3 aromatic rings. The summed E-state index contributed by atoms with van der Waals surface area (Å²) in [6.07, 6.45) is 6.04. The van der Waals surface area contributed by atoms with Crippen molar-refractivity contribution in [2.24, 2.45) is 10.7 Å². The Bertz CT molecular complexity index is 1850. The van der Waals surface area contributed by atoms with E-state index in [0.717, 1.165) is 75.7 Å². The number of halogens is 1. The van der Waals surface area contributed by atoms with Crippen molar-refractivity contribution < 1.29 is 9.13 Å². The van der Waals surface area contributed by atoms with Crippen LogP contribution in [0, 0.1) is 0 Å². The summed E-state index contributed by atoms with van der Waals surface area (Å²) in [5.74, 6) is 0.0908. The van der Waals surface area contributed by atoms with Crippen LogP contribution in [-0.4, -0.2) is 104 Å². The first-order chi connectivity index (χ1) is 24.5. The van der Waals surface area contributed by atoms with Crippen LogP contribution in [0.3, 0.4) is 0 Å². The Hall–Kier alpha value is -3.99. The standard InChI is InChI=1S/C41H60FN7O2/c1-9-16-33(47(8)11-3)19-21-45-41(43)35-28-49-29(5)34(40(35)50)27-36(42)39(44-20-15-22-48(12-4)24-23-46(7)10-2)30(6)51-38-26-32-18-14-13-17-31(32)25-37(38)49/h13-14,17-18,25-28,30,33,44H,5,9-12,15-16,19-24H2,1-4,6-8H3,(H2,43,45)/b34-27+,39-36-. The molecule has 2 unspecified atom stereocenters. The van der Waals surface area contributed by atoms with Gasteiger partial charge in [-0.1, -0.05) is 65.0 Å². The maximum Gasteiger partial charge on any atom is 0.200 e. The minimum absolute atomic E-state index is 0.125. The number of likely N-dealkylation sites (N-methyl/N-ethyl adjacent to an activating group) is 2. The minimum atomic E-state index is -0.668. The van der Waals surface area contributed by atoms with Gasteiger partial charge in [0.25, 0.3) is 0 Å². The Kier molecular flexibility index (Phi) is 14.8. The van der Waals surface area contributed by atoms with E-state index in [9.17, 15) is 4.79 Å². The highest BCUT2D eigenvalue weighted by molar-refractivity contribution is 5.97. The van der Waals surface area contributed by atoms with Crippen LogP contribution in [-0.2, 0) is 0 Å². The Morgan fingerprint density at radius 1 is 1.06 bits per heavy atom. The summed E-state index contributed by atoms with van der Waals surface area (Å²) < 4.78 is 24.8. The number of hydrogen-bond donors (Lipinski definition) is 2. The lowest BCUT2D eigenvalue weighted by atomic mass is 10.1. The molecule has 2 aromatic carbocycles. The predicted molar refractivity (Wildman–Crippen MR) is 212 cm³/mol. The third-order valence-corrected chi connectivity index (χ3v) is 10.2. The molecule has 278 valence electrons. The van der Waals surface area contributed by atoms with Crippen LogP contribution in [0.25, 0.3) is 29.1 Å². The van der Waals surface area contributed by atoms with Crippen molar-refractivity contribution in [2.45, 2.75) is 72.4 Å². The van der Waals surface area contributed by atoms with E-state index in [0.29, 0.717) is 35.9 Å². The van der Waals surface area contributed by atoms with Gasteiger partial charge in [0.1, 0.15) is 23.5 Å². The van der Waals surface area contributed by atoms with Gasteiger partial charge in [0.15, 0.2) is 5.43 Å². The molecule has 0 saturated heterocycles. The quantitative estimate of drug-likeness (QED) is 0.114. The Labute approximate surface area is 304 Å². The number of nitrogens with zero attached hydrogens (tertiary/aromatic N) is 5. The predicted octanol–water partition coefficient (Wildman–Crippen LogP) is 4.61. The van der Waals surface area contributed by atoms with Gasteiger partial charge in [0.05, 0.1) is 16.9 Å². The summed E-state index contributed by atoms with van der Waals surface area (Å²) in [5, 5.41) is 5.77. The number of pyridine rings is 1. The second-order valence-electron chi connectivity index (χ2n) is 13.6. The molecule has 1 aromatic heterocycles. The molecule has 1 aliphatic heterocycles. The number of allylic oxidation sites excluding steroid dienone is 1. The molecule has 2 atom stereocenters. The molecule has 51 heavy (non-hydrogen) atoms. The zero-order valence-corrected chi connectivity index (χ0v) is 32.0. The van der Waals surface area contributed by atoms with Gasteiger partial charge < -0.3 is 35.1 Å². The average Bonchev–Trinajstić information content (AvgIpc) is 3.12. The summed E-state index contributed by atoms with van der Waals surface area (Å²) in [5.41, 5.74) is 7.34. The van der Waals surface area contributed by atoms with Gasteiger partial charge in [-0.15, -0.1) is 0 Å². The van der Waals surface area contributed by atoms with Crippen molar-refractivity contribution >= 4 is 29.3 Å². The average molecular weight is 702 g/mol. The van der Waals surface area contributed by atoms with Crippen molar-refractivity contribution in [2.75, 3.05) is 66.5 Å². The van der Waals surface area contributed by atoms with Gasteiger partial charge in [0.2, 0.25) is 0 Å². The third-order valence-electron chi connectivity index (χ3n) is 10.2. The Morgan fingerprint density at radius 3 is 2.45 bits per heavy atom. The molecular formula is C41H60FN7O2. The van der Waals surface area contributed by atoms with E-state index in [1.807, 2.05) is 43.3 Å². The number of benzene rings is 2. The molecule has 0 saturated carbocycles. The molecule has 0 fully saturated rings. The fourth-order valence-electron chi connectivity index (χ4n) is 6.60. The van der Waals surface area contributed by atoms with Crippen LogP contribution >= 0.6 is 0 Å². The lowest BCUT2D eigenvalue weighted by Gasteiger charge is -2.26. The Morgan fingerprint density at radius 2 is 1.78 bits per heavy atom. The summed E-state index contributed by atoms with van der Waals surface area (Å²) in [6, 6.07) is 12.3. The van der Waals surface area contributed by atoms with E-state index >= 15 is 4.39 Å². The molecule has 1 aliphatic rings. The molecule has 4 rings (SSSR count). The van der Waals surface area contributed by atoms with Gasteiger partial charge in [-0.25, -0.2) is 4.39 Å². The van der Waals surface area contributed by atoms with Gasteiger partial charge in [-0.2, -0.15) is 0 Å². The summed E-state index contributed by atoms with van der Waals surface area (Å²) in [6.45, 7) is 21.5. The van der Waals surface area contributed by atoms with Crippen molar-refractivity contribution in [3.63, 3.8) is 0 Å². The number of hydrogen-bond acceptors (Lipinski definition) is 7. The molecule has 9 nitrogen and oxygen atoms in total. The second-order valence-corrected chi connectivity index (χ2v) is 13.6. The van der Waals surface area contributed by atoms with Crippen LogP contribution in [0.2, 0.25) is 0 Å². The number of rotatable bonds is 18. The number of fused-ring (bicyclic) bond motifs is 5. The van der Waals surface area contributed by atoms with E-state index in [-0.39, 0.29) is 22.3 Å². The fourth-order valence-corrected chi connectivity index (χ4v) is 6.60. The first-order valence-corrected chi connectivity index (χ1v) is 18.7. The number of ether oxygens (including phenoxy) is 1. The van der Waals surface area contributed by atoms with Crippen molar-refractivity contribution in [3.05, 3.63) is 80.5 Å². The first kappa shape index (κ1) is 39.8. The highest BCUT2D eigenvalue weighted by atomic mass is 19.1. The molecule has 2 heterocycles. The highest BCUT2D eigenvalue weighted by Crippen LogP contribution is 2.31. The molecule has 0 aliphatic carbocycles. The lowest BCUT2D eigenvalue weighted by molar-refractivity contribution is 0.230. The molecule has 2 bridgehead atoms. The summed E-state index contributed by atoms with van der Waals surface area (Å²) in [4.78, 5) is 25.8. The summed E-state index contributed by atoms with van der Waals surface area (Å²) >= 11 is 0. The monoisotopic (exact) mass is 701 g/mol. The molecule has 0 radical (unpaired) electrons. The number of nitrogens with two attached hydrogens (primary N) is 1. The van der Waals surface area contributed by atoms with Crippen LogP contribution in [0.15, 0.2) is 63.9 Å². The first-order valence-electron chi connectivity index (χ1n) is 18.7. The zero-order valence-electron chi connectivity index (χ0n) is 32.0. The largest absolute Gasteiger partial charge is 0.482 e. The van der Waals surface area contributed by atoms with Crippen molar-refractivity contribution in [1.82, 2.24) is 24.6 Å². The number of nitrogens with one attached hydrogen (secondary N) is 1. The molecule has 3 N–H and O–H groups in total. The fraction of sp³-hybridized carbons (Fsp3) is 0.512. The number of amidine groups is 1. The topological polar surface area (TPSA) is 91.4 Å². The second kappa shape index (κ2) is 19.0. The normalized spacial score (nSPS) is 17.7. The maximum absolute atomic E-state index is 16.5. The molecule has 0 amide bonds. The SMILES string of the molecule is C=c1\c2c(=O)c(C(N)=NCCC(CCC)N(C)CC)cn1-c1cc3ccccc3cc1OC(C)/C(NCCCN(CC)CCN(C)CC)=C(F)\C=2. The Balaban J connectivity index is 1.77. The van der Waals surface area contributed by atoms with Crippen LogP contribution in [0.4, 0.5) is 4.39 Å². The van der Waals surface area contributed by atoms with Crippen LogP contribution < -0.4 is 31.8 Å². The molecule has 0 spiro atoms. The van der Waals surface area contributed by atoms with E-state index in [2.05, 4.69) is 73.4 Å². The van der Waals surface area contributed by atoms with Gasteiger partial charge >= 0.3 is 0 Å². The van der Waals surface area contributed by atoms with E-state index in [1.165, 1.54) is 6.08 Å². The maximum atomic E-state index is 16.5.